The zero-order valence-corrected chi connectivity index (χ0v) is 17.8. The van der Waals surface area contributed by atoms with Gasteiger partial charge in [-0.05, 0) is 29.8 Å². The molecule has 0 radical (unpaired) electrons. The molecule has 1 aliphatic rings. The van der Waals surface area contributed by atoms with Crippen molar-refractivity contribution in [2.45, 2.75) is 23.0 Å². The van der Waals surface area contributed by atoms with Crippen LogP contribution in [0.1, 0.15) is 11.3 Å². The maximum atomic E-state index is 13.0. The Kier molecular flexibility index (Phi) is 6.28. The molecular weight excluding hydrogens is 426 g/mol. The van der Waals surface area contributed by atoms with E-state index >= 15 is 0 Å². The highest BCUT2D eigenvalue weighted by atomic mass is 35.5. The van der Waals surface area contributed by atoms with Crippen LogP contribution in [0.4, 0.5) is 5.69 Å². The quantitative estimate of drug-likeness (QED) is 0.454. The molecule has 0 saturated carbocycles. The second-order valence-electron chi connectivity index (χ2n) is 6.49. The van der Waals surface area contributed by atoms with Gasteiger partial charge in [0.1, 0.15) is 0 Å². The monoisotopic (exact) mass is 443 g/mol. The molecule has 4 rings (SSSR count). The van der Waals surface area contributed by atoms with E-state index in [9.17, 15) is 9.59 Å². The zero-order valence-electron chi connectivity index (χ0n) is 15.4. The van der Waals surface area contributed by atoms with E-state index in [1.165, 1.54) is 11.8 Å². The number of hydrogen-bond acceptors (Lipinski definition) is 5. The fourth-order valence-electron chi connectivity index (χ4n) is 3.00. The summed E-state index contributed by atoms with van der Waals surface area (Å²) in [5, 5.41) is 4.03. The van der Waals surface area contributed by atoms with Crippen molar-refractivity contribution < 1.29 is 4.79 Å². The zero-order chi connectivity index (χ0) is 20.2. The Labute approximate surface area is 181 Å². The summed E-state index contributed by atoms with van der Waals surface area (Å²) in [5.41, 5.74) is 2.51. The van der Waals surface area contributed by atoms with Crippen molar-refractivity contribution in [1.29, 1.82) is 0 Å². The number of nitrogens with zero attached hydrogens (tertiary/aromatic N) is 2. The Bertz CT molecular complexity index is 1090. The smallest absolute Gasteiger partial charge is 0.268 e. The SMILES string of the molecule is O=C(CSc1nc2c(c(=O)n1Cc1ccccc1)SCC2)Nc1ccc(Cl)cc1. The van der Waals surface area contributed by atoms with Crippen LogP contribution in [0.2, 0.25) is 5.02 Å². The first-order chi connectivity index (χ1) is 14.1. The fraction of sp³-hybridized carbons (Fsp3) is 0.190. The van der Waals surface area contributed by atoms with Crippen LogP contribution in [0.25, 0.3) is 0 Å². The molecule has 0 saturated heterocycles. The third-order valence-electron chi connectivity index (χ3n) is 4.39. The van der Waals surface area contributed by atoms with Crippen molar-refractivity contribution in [2.24, 2.45) is 0 Å². The highest BCUT2D eigenvalue weighted by Crippen LogP contribution is 2.29. The first-order valence-corrected chi connectivity index (χ1v) is 11.4. The molecule has 1 aliphatic heterocycles. The van der Waals surface area contributed by atoms with Gasteiger partial charge in [0.15, 0.2) is 5.16 Å². The summed E-state index contributed by atoms with van der Waals surface area (Å²) in [7, 11) is 0. The Balaban J connectivity index is 1.54. The number of halogens is 1. The van der Waals surface area contributed by atoms with Crippen molar-refractivity contribution in [3.8, 4) is 0 Å². The molecule has 0 unspecified atom stereocenters. The van der Waals surface area contributed by atoms with E-state index in [0.717, 1.165) is 28.3 Å². The van der Waals surface area contributed by atoms with Gasteiger partial charge in [0, 0.05) is 22.9 Å². The van der Waals surface area contributed by atoms with E-state index in [0.29, 0.717) is 22.4 Å². The number of fused-ring (bicyclic) bond motifs is 1. The van der Waals surface area contributed by atoms with Gasteiger partial charge in [-0.1, -0.05) is 53.7 Å². The van der Waals surface area contributed by atoms with Crippen LogP contribution in [-0.4, -0.2) is 27.0 Å². The minimum Gasteiger partial charge on any atom is -0.325 e. The highest BCUT2D eigenvalue weighted by molar-refractivity contribution is 8.00. The van der Waals surface area contributed by atoms with E-state index in [2.05, 4.69) is 5.32 Å². The number of carbonyl (C=O) groups excluding carboxylic acids is 1. The number of nitrogens with one attached hydrogen (secondary N) is 1. The first kappa shape index (κ1) is 20.1. The summed E-state index contributed by atoms with van der Waals surface area (Å²) in [6, 6.07) is 16.7. The molecular formula is C21H18ClN3O2S2. The third kappa shape index (κ3) is 4.86. The highest BCUT2D eigenvalue weighted by Gasteiger charge is 2.22. The summed E-state index contributed by atoms with van der Waals surface area (Å²) < 4.78 is 1.67. The molecule has 148 valence electrons. The largest absolute Gasteiger partial charge is 0.325 e. The van der Waals surface area contributed by atoms with Gasteiger partial charge in [-0.3, -0.25) is 14.2 Å². The van der Waals surface area contributed by atoms with Crippen molar-refractivity contribution in [3.05, 3.63) is 81.2 Å². The van der Waals surface area contributed by atoms with Gasteiger partial charge in [0.25, 0.3) is 5.56 Å². The second-order valence-corrected chi connectivity index (χ2v) is 8.97. The predicted molar refractivity (Wildman–Crippen MR) is 119 cm³/mol. The number of thioether (sulfide) groups is 2. The minimum atomic E-state index is -0.160. The van der Waals surface area contributed by atoms with Crippen LogP contribution >= 0.6 is 35.1 Å². The average molecular weight is 444 g/mol. The van der Waals surface area contributed by atoms with E-state index in [1.54, 1.807) is 40.6 Å². The van der Waals surface area contributed by atoms with Crippen molar-refractivity contribution in [2.75, 3.05) is 16.8 Å². The lowest BCUT2D eigenvalue weighted by Gasteiger charge is -2.14. The van der Waals surface area contributed by atoms with E-state index in [-0.39, 0.29) is 17.2 Å². The van der Waals surface area contributed by atoms with E-state index in [1.807, 2.05) is 30.3 Å². The number of carbonyl (C=O) groups is 1. The third-order valence-corrected chi connectivity index (χ3v) is 6.73. The number of aryl methyl sites for hydroxylation is 1. The number of rotatable bonds is 6. The number of hydrogen-bond donors (Lipinski definition) is 1. The van der Waals surface area contributed by atoms with E-state index in [4.69, 9.17) is 16.6 Å². The normalized spacial score (nSPS) is 12.6. The van der Waals surface area contributed by atoms with Crippen LogP contribution in [-0.2, 0) is 17.8 Å². The number of amides is 1. The molecule has 0 aliphatic carbocycles. The lowest BCUT2D eigenvalue weighted by molar-refractivity contribution is -0.113. The summed E-state index contributed by atoms with van der Waals surface area (Å²) in [4.78, 5) is 30.8. The molecule has 29 heavy (non-hydrogen) atoms. The number of benzene rings is 2. The van der Waals surface area contributed by atoms with Crippen molar-refractivity contribution in [1.82, 2.24) is 9.55 Å². The van der Waals surface area contributed by atoms with Crippen LogP contribution in [0.3, 0.4) is 0 Å². The Morgan fingerprint density at radius 3 is 2.69 bits per heavy atom. The van der Waals surface area contributed by atoms with Gasteiger partial charge in [-0.2, -0.15) is 0 Å². The standard InChI is InChI=1S/C21H18ClN3O2S2/c22-15-6-8-16(9-7-15)23-18(26)13-29-21-24-17-10-11-28-19(17)20(27)25(21)12-14-4-2-1-3-5-14/h1-9H,10-13H2,(H,23,26). The summed E-state index contributed by atoms with van der Waals surface area (Å²) in [6.07, 6.45) is 0.784. The molecule has 0 bridgehead atoms. The van der Waals surface area contributed by atoms with Crippen LogP contribution in [0, 0.1) is 0 Å². The Morgan fingerprint density at radius 2 is 1.93 bits per heavy atom. The van der Waals surface area contributed by atoms with Crippen LogP contribution in [0.15, 0.2) is 69.4 Å². The predicted octanol–water partition coefficient (Wildman–Crippen LogP) is 4.32. The molecule has 5 nitrogen and oxygen atoms in total. The molecule has 1 amide bonds. The van der Waals surface area contributed by atoms with Crippen molar-refractivity contribution in [3.63, 3.8) is 0 Å². The van der Waals surface area contributed by atoms with Gasteiger partial charge in [0.2, 0.25) is 5.91 Å². The molecule has 3 aromatic rings. The van der Waals surface area contributed by atoms with Gasteiger partial charge >= 0.3 is 0 Å². The maximum Gasteiger partial charge on any atom is 0.268 e. The van der Waals surface area contributed by atoms with Crippen molar-refractivity contribution >= 4 is 46.7 Å². The minimum absolute atomic E-state index is 0.0260. The first-order valence-electron chi connectivity index (χ1n) is 9.09. The number of anilines is 1. The molecule has 0 fully saturated rings. The van der Waals surface area contributed by atoms with Gasteiger partial charge < -0.3 is 5.32 Å². The topological polar surface area (TPSA) is 64.0 Å². The number of aromatic nitrogens is 2. The average Bonchev–Trinajstić information content (AvgIpc) is 3.20. The Morgan fingerprint density at radius 1 is 1.17 bits per heavy atom. The molecule has 1 aromatic heterocycles. The van der Waals surface area contributed by atoms with Gasteiger partial charge in [0.05, 0.1) is 22.9 Å². The van der Waals surface area contributed by atoms with Gasteiger partial charge in [-0.25, -0.2) is 4.98 Å². The van der Waals surface area contributed by atoms with Crippen LogP contribution in [0.5, 0.6) is 0 Å². The van der Waals surface area contributed by atoms with E-state index < -0.39 is 0 Å². The summed E-state index contributed by atoms with van der Waals surface area (Å²) in [6.45, 7) is 0.432. The lowest BCUT2D eigenvalue weighted by Crippen LogP contribution is -2.26. The Hall–Kier alpha value is -2.22. The fourth-order valence-corrected chi connectivity index (χ4v) is 4.98. The molecule has 1 N–H and O–H groups in total. The van der Waals surface area contributed by atoms with Crippen LogP contribution < -0.4 is 10.9 Å². The lowest BCUT2D eigenvalue weighted by atomic mass is 10.2. The molecule has 8 heteroatoms. The summed E-state index contributed by atoms with van der Waals surface area (Å²) >= 11 is 8.72. The maximum absolute atomic E-state index is 13.0. The molecule has 2 heterocycles. The summed E-state index contributed by atoms with van der Waals surface area (Å²) in [5.74, 6) is 0.872. The molecule has 2 aromatic carbocycles. The van der Waals surface area contributed by atoms with Gasteiger partial charge in [-0.15, -0.1) is 11.8 Å². The second kappa shape index (κ2) is 9.07. The molecule has 0 atom stereocenters. The molecule has 0 spiro atoms.